The monoisotopic (exact) mass is 345 g/mol. The van der Waals surface area contributed by atoms with E-state index in [1.165, 1.54) is 11.1 Å². The fraction of sp³-hybridized carbons (Fsp3) is 0.650. The van der Waals surface area contributed by atoms with Crippen molar-refractivity contribution in [2.24, 2.45) is 4.99 Å². The van der Waals surface area contributed by atoms with E-state index in [-0.39, 0.29) is 12.2 Å². The molecule has 2 aliphatic heterocycles. The second-order valence-corrected chi connectivity index (χ2v) is 6.88. The van der Waals surface area contributed by atoms with Gasteiger partial charge in [-0.15, -0.1) is 0 Å². The van der Waals surface area contributed by atoms with E-state index in [2.05, 4.69) is 48.3 Å². The van der Waals surface area contributed by atoms with E-state index in [1.54, 1.807) is 0 Å². The van der Waals surface area contributed by atoms with Crippen LogP contribution in [0.4, 0.5) is 0 Å². The first-order valence-electron chi connectivity index (χ1n) is 9.58. The van der Waals surface area contributed by atoms with Crippen molar-refractivity contribution in [1.82, 2.24) is 10.2 Å². The summed E-state index contributed by atoms with van der Waals surface area (Å²) in [4.78, 5) is 7.19. The summed E-state index contributed by atoms with van der Waals surface area (Å²) in [6.07, 6.45) is 3.64. The maximum Gasteiger partial charge on any atom is 0.194 e. The lowest BCUT2D eigenvalue weighted by Gasteiger charge is -2.37. The Balaban J connectivity index is 1.58. The summed E-state index contributed by atoms with van der Waals surface area (Å²) >= 11 is 0. The van der Waals surface area contributed by atoms with Gasteiger partial charge in [0.1, 0.15) is 6.10 Å². The average molecular weight is 345 g/mol. The summed E-state index contributed by atoms with van der Waals surface area (Å²) in [5, 5.41) is 3.44. The second-order valence-electron chi connectivity index (χ2n) is 6.88. The third kappa shape index (κ3) is 5.19. The van der Waals surface area contributed by atoms with Crippen LogP contribution in [0.1, 0.15) is 30.9 Å². The molecule has 1 N–H and O–H groups in total. The highest BCUT2D eigenvalue weighted by atomic mass is 16.5. The number of aliphatic imine (C=N–C) groups is 1. The zero-order valence-electron chi connectivity index (χ0n) is 15.5. The van der Waals surface area contributed by atoms with Gasteiger partial charge in [-0.2, -0.15) is 0 Å². The van der Waals surface area contributed by atoms with E-state index >= 15 is 0 Å². The molecule has 1 aromatic carbocycles. The van der Waals surface area contributed by atoms with Crippen LogP contribution in [0.2, 0.25) is 0 Å². The van der Waals surface area contributed by atoms with Crippen LogP contribution in [-0.4, -0.2) is 62.5 Å². The minimum atomic E-state index is 0.164. The molecule has 0 radical (unpaired) electrons. The van der Waals surface area contributed by atoms with Gasteiger partial charge in [0.15, 0.2) is 5.96 Å². The number of benzene rings is 1. The molecule has 2 unspecified atom stereocenters. The Morgan fingerprint density at radius 2 is 2.16 bits per heavy atom. The highest BCUT2D eigenvalue weighted by Gasteiger charge is 2.32. The lowest BCUT2D eigenvalue weighted by molar-refractivity contribution is -0.0817. The molecule has 138 valence electrons. The van der Waals surface area contributed by atoms with Gasteiger partial charge in [0.25, 0.3) is 0 Å². The predicted octanol–water partition coefficient (Wildman–Crippen LogP) is 2.38. The molecule has 0 aromatic heterocycles. The van der Waals surface area contributed by atoms with Crippen molar-refractivity contribution >= 4 is 5.96 Å². The van der Waals surface area contributed by atoms with E-state index in [0.717, 1.165) is 64.6 Å². The fourth-order valence-corrected chi connectivity index (χ4v) is 3.57. The standard InChI is InChI=1S/C20H31N3O2/c1-3-21-20(22-10-9-17-7-4-6-16(2)14-17)23-11-13-25-19(15-23)18-8-5-12-24-18/h4,6-7,14,18-19H,3,5,8-13,15H2,1-2H3,(H,21,22). The van der Waals surface area contributed by atoms with Crippen molar-refractivity contribution in [2.45, 2.75) is 45.3 Å². The number of guanidine groups is 1. The quantitative estimate of drug-likeness (QED) is 0.657. The largest absolute Gasteiger partial charge is 0.375 e. The van der Waals surface area contributed by atoms with Crippen LogP contribution >= 0.6 is 0 Å². The molecule has 2 saturated heterocycles. The van der Waals surface area contributed by atoms with Crippen LogP contribution in [0.3, 0.4) is 0 Å². The summed E-state index contributed by atoms with van der Waals surface area (Å²) in [6, 6.07) is 8.67. The van der Waals surface area contributed by atoms with Gasteiger partial charge in [0.05, 0.1) is 12.7 Å². The molecule has 0 aliphatic carbocycles. The molecule has 1 aromatic rings. The van der Waals surface area contributed by atoms with Gasteiger partial charge >= 0.3 is 0 Å². The van der Waals surface area contributed by atoms with Crippen LogP contribution in [0, 0.1) is 6.92 Å². The zero-order chi connectivity index (χ0) is 17.5. The van der Waals surface area contributed by atoms with E-state index in [9.17, 15) is 0 Å². The normalized spacial score (nSPS) is 24.6. The number of nitrogens with one attached hydrogen (secondary N) is 1. The molecule has 0 saturated carbocycles. The van der Waals surface area contributed by atoms with Crippen molar-refractivity contribution in [2.75, 3.05) is 39.4 Å². The summed E-state index contributed by atoms with van der Waals surface area (Å²) in [7, 11) is 0. The van der Waals surface area contributed by atoms with Gasteiger partial charge in [-0.3, -0.25) is 4.99 Å². The lowest BCUT2D eigenvalue weighted by atomic mass is 10.1. The van der Waals surface area contributed by atoms with Crippen LogP contribution < -0.4 is 5.32 Å². The van der Waals surface area contributed by atoms with Crippen molar-refractivity contribution in [3.8, 4) is 0 Å². The van der Waals surface area contributed by atoms with Gasteiger partial charge < -0.3 is 19.7 Å². The Morgan fingerprint density at radius 1 is 1.28 bits per heavy atom. The molecule has 25 heavy (non-hydrogen) atoms. The molecule has 2 atom stereocenters. The molecule has 2 aliphatic rings. The molecule has 0 bridgehead atoms. The van der Waals surface area contributed by atoms with Crippen LogP contribution in [-0.2, 0) is 15.9 Å². The molecule has 2 heterocycles. The first kappa shape index (κ1) is 18.2. The topological polar surface area (TPSA) is 46.1 Å². The maximum atomic E-state index is 5.96. The molecular weight excluding hydrogens is 314 g/mol. The van der Waals surface area contributed by atoms with Crippen LogP contribution in [0.25, 0.3) is 0 Å². The van der Waals surface area contributed by atoms with E-state index in [0.29, 0.717) is 0 Å². The minimum absolute atomic E-state index is 0.164. The Morgan fingerprint density at radius 3 is 2.92 bits per heavy atom. The summed E-state index contributed by atoms with van der Waals surface area (Å²) in [6.45, 7) is 9.30. The number of morpholine rings is 1. The van der Waals surface area contributed by atoms with Crippen molar-refractivity contribution in [3.05, 3.63) is 35.4 Å². The average Bonchev–Trinajstić information content (AvgIpc) is 3.16. The molecule has 2 fully saturated rings. The number of nitrogens with zero attached hydrogens (tertiary/aromatic N) is 2. The molecular formula is C20H31N3O2. The highest BCUT2D eigenvalue weighted by molar-refractivity contribution is 5.80. The van der Waals surface area contributed by atoms with Crippen LogP contribution in [0.15, 0.2) is 29.3 Å². The lowest BCUT2D eigenvalue weighted by Crippen LogP contribution is -2.53. The fourth-order valence-electron chi connectivity index (χ4n) is 3.57. The first-order chi connectivity index (χ1) is 12.3. The number of aryl methyl sites for hydroxylation is 1. The van der Waals surface area contributed by atoms with Gasteiger partial charge in [-0.05, 0) is 38.7 Å². The third-order valence-electron chi connectivity index (χ3n) is 4.85. The van der Waals surface area contributed by atoms with Crippen molar-refractivity contribution < 1.29 is 9.47 Å². The number of rotatable bonds is 5. The second kappa shape index (κ2) is 9.20. The van der Waals surface area contributed by atoms with Crippen LogP contribution in [0.5, 0.6) is 0 Å². The Bertz CT molecular complexity index is 570. The van der Waals surface area contributed by atoms with E-state index in [1.807, 2.05) is 0 Å². The minimum Gasteiger partial charge on any atom is -0.375 e. The molecule has 0 amide bonds. The zero-order valence-corrected chi connectivity index (χ0v) is 15.5. The summed E-state index contributed by atoms with van der Waals surface area (Å²) in [5.74, 6) is 1.00. The molecule has 3 rings (SSSR count). The first-order valence-corrected chi connectivity index (χ1v) is 9.58. The molecule has 5 nitrogen and oxygen atoms in total. The van der Waals surface area contributed by atoms with Crippen molar-refractivity contribution in [3.63, 3.8) is 0 Å². The summed E-state index contributed by atoms with van der Waals surface area (Å²) in [5.41, 5.74) is 2.65. The van der Waals surface area contributed by atoms with Gasteiger partial charge in [0, 0.05) is 32.8 Å². The Kier molecular flexibility index (Phi) is 6.70. The molecule has 5 heteroatoms. The van der Waals surface area contributed by atoms with Crippen molar-refractivity contribution in [1.29, 1.82) is 0 Å². The third-order valence-corrected chi connectivity index (χ3v) is 4.85. The van der Waals surface area contributed by atoms with Gasteiger partial charge in [-0.1, -0.05) is 29.8 Å². The van der Waals surface area contributed by atoms with Gasteiger partial charge in [0.2, 0.25) is 0 Å². The highest BCUT2D eigenvalue weighted by Crippen LogP contribution is 2.21. The summed E-state index contributed by atoms with van der Waals surface area (Å²) < 4.78 is 11.8. The number of hydrogen-bond acceptors (Lipinski definition) is 3. The Labute approximate surface area is 151 Å². The predicted molar refractivity (Wildman–Crippen MR) is 101 cm³/mol. The maximum absolute atomic E-state index is 5.96. The molecule has 0 spiro atoms. The Hall–Kier alpha value is -1.59. The number of hydrogen-bond donors (Lipinski definition) is 1. The number of ether oxygens (including phenoxy) is 2. The van der Waals surface area contributed by atoms with E-state index in [4.69, 9.17) is 14.5 Å². The van der Waals surface area contributed by atoms with E-state index < -0.39 is 0 Å². The SMILES string of the molecule is CCNC(=NCCc1cccc(C)c1)N1CCOC(C2CCCO2)C1. The smallest absolute Gasteiger partial charge is 0.194 e. The van der Waals surface area contributed by atoms with Gasteiger partial charge in [-0.25, -0.2) is 0 Å².